The number of alkyl halides is 6. The van der Waals surface area contributed by atoms with Crippen molar-refractivity contribution in [2.45, 2.75) is 12.4 Å². The Bertz CT molecular complexity index is 1140. The van der Waals surface area contributed by atoms with E-state index in [9.17, 15) is 26.3 Å². The van der Waals surface area contributed by atoms with E-state index in [1.165, 1.54) is 24.3 Å². The lowest BCUT2D eigenvalue weighted by atomic mass is 10.0. The zero-order valence-electron chi connectivity index (χ0n) is 16.2. The summed E-state index contributed by atoms with van der Waals surface area (Å²) >= 11 is 0. The number of hydrogen-bond donors (Lipinski definition) is 0. The maximum atomic E-state index is 12.9. The third-order valence-corrected chi connectivity index (χ3v) is 4.80. The van der Waals surface area contributed by atoms with E-state index in [-0.39, 0.29) is 11.5 Å². The van der Waals surface area contributed by atoms with Crippen molar-refractivity contribution in [2.75, 3.05) is 0 Å². The Morgan fingerprint density at radius 3 is 1.28 bits per heavy atom. The van der Waals surface area contributed by atoms with Gasteiger partial charge in [-0.1, -0.05) is 0 Å². The van der Waals surface area contributed by atoms with Crippen molar-refractivity contribution in [2.24, 2.45) is 0 Å². The van der Waals surface area contributed by atoms with Crippen LogP contribution in [0.15, 0.2) is 89.6 Å². The summed E-state index contributed by atoms with van der Waals surface area (Å²) in [6.07, 6.45) is -5.79. The fraction of sp³-hybridized carbons (Fsp3) is 0.0833. The highest BCUT2D eigenvalue weighted by atomic mass is 19.4. The highest BCUT2D eigenvalue weighted by Gasteiger charge is 2.32. The topological polar surface area (TPSA) is 24.2 Å². The van der Waals surface area contributed by atoms with Gasteiger partial charge in [0.1, 0.15) is 0 Å². The minimum atomic E-state index is -4.47. The second-order valence-electron chi connectivity index (χ2n) is 6.96. The van der Waals surface area contributed by atoms with Gasteiger partial charge < -0.3 is 0 Å². The predicted molar refractivity (Wildman–Crippen MR) is 107 cm³/mol. The average Bonchev–Trinajstić information content (AvgIpc) is 2.78. The normalized spacial score (nSPS) is 12.1. The smallest absolute Gasteiger partial charge is 0.265 e. The molecule has 32 heavy (non-hydrogen) atoms. The van der Waals surface area contributed by atoms with E-state index >= 15 is 0 Å². The largest absolute Gasteiger partial charge is 0.416 e. The van der Waals surface area contributed by atoms with Crippen molar-refractivity contribution in [1.82, 2.24) is 4.98 Å². The Balaban J connectivity index is 1.82. The van der Waals surface area contributed by atoms with Crippen LogP contribution in [0.2, 0.25) is 0 Å². The summed E-state index contributed by atoms with van der Waals surface area (Å²) in [4.78, 5) is 3.96. The van der Waals surface area contributed by atoms with E-state index < -0.39 is 23.5 Å². The fourth-order valence-electron chi connectivity index (χ4n) is 3.14. The first kappa shape index (κ1) is 21.5. The lowest BCUT2D eigenvalue weighted by molar-refractivity contribution is -0.138. The summed E-state index contributed by atoms with van der Waals surface area (Å²) < 4.78 is 83.3. The predicted octanol–water partition coefficient (Wildman–Crippen LogP) is 7.99. The molecule has 0 bridgehead atoms. The minimum Gasteiger partial charge on any atom is -0.265 e. The Hall–Kier alpha value is -3.68. The van der Waals surface area contributed by atoms with Gasteiger partial charge >= 0.3 is 23.9 Å². The highest BCUT2D eigenvalue weighted by molar-refractivity contribution is 5.74. The lowest BCUT2D eigenvalue weighted by Gasteiger charge is -2.07. The van der Waals surface area contributed by atoms with Crippen molar-refractivity contribution in [3.63, 3.8) is 0 Å². The van der Waals surface area contributed by atoms with Crippen LogP contribution < -0.4 is 0 Å². The molecule has 0 saturated heterocycles. The molecule has 0 atom stereocenters. The van der Waals surface area contributed by atoms with Crippen LogP contribution in [0.25, 0.3) is 33.8 Å². The molecule has 2 nitrogen and oxygen atoms in total. The molecular formula is C24H14F6NO+. The molecule has 0 aliphatic rings. The molecule has 4 rings (SSSR count). The molecule has 2 aromatic heterocycles. The maximum absolute atomic E-state index is 12.9. The number of pyridine rings is 1. The van der Waals surface area contributed by atoms with Crippen LogP contribution in [0.1, 0.15) is 11.1 Å². The monoisotopic (exact) mass is 446 g/mol. The van der Waals surface area contributed by atoms with Crippen LogP contribution in [-0.2, 0) is 12.4 Å². The molecule has 0 N–H and O–H groups in total. The summed E-state index contributed by atoms with van der Waals surface area (Å²) in [5.41, 5.74) is 0.619. The Morgan fingerprint density at radius 2 is 0.906 bits per heavy atom. The van der Waals surface area contributed by atoms with Gasteiger partial charge in [0.05, 0.1) is 34.4 Å². The first-order valence-corrected chi connectivity index (χ1v) is 9.35. The molecule has 0 unspecified atom stereocenters. The van der Waals surface area contributed by atoms with Gasteiger partial charge in [-0.2, -0.15) is 26.3 Å². The lowest BCUT2D eigenvalue weighted by Crippen LogP contribution is -2.04. The van der Waals surface area contributed by atoms with Crippen molar-refractivity contribution in [3.8, 4) is 33.8 Å². The minimum absolute atomic E-state index is 0.267. The standard InChI is InChI=1S/C24H14F6NO/c25-23(26,27)19-5-1-16(2-6-19)21-13-18(15-9-11-31-12-10-15)14-22(32-21)17-3-7-20(8-4-17)24(28,29)30/h1-14H/q+1. The number of halogens is 6. The Kier molecular flexibility index (Phi) is 5.46. The first-order valence-electron chi connectivity index (χ1n) is 9.35. The Morgan fingerprint density at radius 1 is 0.500 bits per heavy atom. The van der Waals surface area contributed by atoms with Crippen LogP contribution in [0, 0.1) is 0 Å². The summed E-state index contributed by atoms with van der Waals surface area (Å²) in [7, 11) is 0. The van der Waals surface area contributed by atoms with Crippen molar-refractivity contribution < 1.29 is 30.8 Å². The third kappa shape index (κ3) is 4.64. The molecule has 0 aliphatic heterocycles. The average molecular weight is 446 g/mol. The van der Waals surface area contributed by atoms with Crippen molar-refractivity contribution in [1.29, 1.82) is 0 Å². The summed E-state index contributed by atoms with van der Waals surface area (Å²) in [6.45, 7) is 0. The quantitative estimate of drug-likeness (QED) is 0.235. The molecule has 0 amide bonds. The highest BCUT2D eigenvalue weighted by Crippen LogP contribution is 2.36. The van der Waals surface area contributed by atoms with Crippen LogP contribution in [0.5, 0.6) is 0 Å². The van der Waals surface area contributed by atoms with Crippen molar-refractivity contribution in [3.05, 3.63) is 96.3 Å². The van der Waals surface area contributed by atoms with E-state index in [4.69, 9.17) is 4.42 Å². The van der Waals surface area contributed by atoms with E-state index in [0.29, 0.717) is 16.7 Å². The maximum Gasteiger partial charge on any atom is 0.416 e. The van der Waals surface area contributed by atoms with E-state index in [2.05, 4.69) is 4.98 Å². The first-order chi connectivity index (χ1) is 15.1. The van der Waals surface area contributed by atoms with Gasteiger partial charge in [0.15, 0.2) is 0 Å². The molecule has 0 saturated carbocycles. The Labute approximate surface area is 178 Å². The molecule has 8 heteroatoms. The summed E-state index contributed by atoms with van der Waals surface area (Å²) in [6, 6.07) is 15.7. The van der Waals surface area contributed by atoms with E-state index in [1.54, 1.807) is 36.7 Å². The molecule has 162 valence electrons. The van der Waals surface area contributed by atoms with Gasteiger partial charge in [-0.3, -0.25) is 4.98 Å². The molecular weight excluding hydrogens is 432 g/mol. The molecule has 2 heterocycles. The van der Waals surface area contributed by atoms with E-state index in [1.807, 2.05) is 0 Å². The van der Waals surface area contributed by atoms with Gasteiger partial charge in [0.25, 0.3) is 0 Å². The van der Waals surface area contributed by atoms with Gasteiger partial charge in [0.2, 0.25) is 0 Å². The fourth-order valence-corrected chi connectivity index (χ4v) is 3.14. The van der Waals surface area contributed by atoms with Gasteiger partial charge in [0, 0.05) is 18.0 Å². The molecule has 4 aromatic rings. The summed E-state index contributed by atoms with van der Waals surface area (Å²) in [5, 5.41) is 0. The van der Waals surface area contributed by atoms with Crippen LogP contribution in [-0.4, -0.2) is 4.98 Å². The molecule has 0 fully saturated rings. The van der Waals surface area contributed by atoms with Gasteiger partial charge in [-0.25, -0.2) is 4.42 Å². The second-order valence-corrected chi connectivity index (χ2v) is 6.96. The number of rotatable bonds is 3. The van der Waals surface area contributed by atoms with Gasteiger partial charge in [-0.05, 0) is 66.2 Å². The van der Waals surface area contributed by atoms with Gasteiger partial charge in [-0.15, -0.1) is 0 Å². The number of hydrogen-bond acceptors (Lipinski definition) is 1. The number of benzene rings is 2. The number of nitrogens with zero attached hydrogens (tertiary/aromatic N) is 1. The number of aromatic nitrogens is 1. The molecule has 2 aromatic carbocycles. The van der Waals surface area contributed by atoms with E-state index in [0.717, 1.165) is 29.8 Å². The third-order valence-electron chi connectivity index (χ3n) is 4.80. The van der Waals surface area contributed by atoms with Crippen LogP contribution in [0.3, 0.4) is 0 Å². The molecule has 0 aliphatic carbocycles. The second kappa shape index (κ2) is 8.11. The zero-order chi connectivity index (χ0) is 22.9. The molecule has 0 radical (unpaired) electrons. The summed E-state index contributed by atoms with van der Waals surface area (Å²) in [5.74, 6) is 0.533. The van der Waals surface area contributed by atoms with Crippen LogP contribution >= 0.6 is 0 Å². The molecule has 0 spiro atoms. The van der Waals surface area contributed by atoms with Crippen LogP contribution in [0.4, 0.5) is 26.3 Å². The zero-order valence-corrected chi connectivity index (χ0v) is 16.2. The van der Waals surface area contributed by atoms with Crippen molar-refractivity contribution >= 4 is 0 Å². The SMILES string of the molecule is FC(F)(F)c1ccc(-c2cc(-c3ccncc3)cc(-c3ccc(C(F)(F)F)cc3)[o+]2)cc1.